The highest BCUT2D eigenvalue weighted by molar-refractivity contribution is 9.10. The highest BCUT2D eigenvalue weighted by Crippen LogP contribution is 2.10. The van der Waals surface area contributed by atoms with Crippen molar-refractivity contribution in [1.29, 1.82) is 0 Å². The van der Waals surface area contributed by atoms with Gasteiger partial charge < -0.3 is 5.73 Å². The van der Waals surface area contributed by atoms with Crippen molar-refractivity contribution in [1.82, 2.24) is 4.98 Å². The van der Waals surface area contributed by atoms with Gasteiger partial charge in [-0.1, -0.05) is 0 Å². The van der Waals surface area contributed by atoms with Crippen LogP contribution in [0.2, 0.25) is 0 Å². The standard InChI is InChI=1S/C10H13BrN2O/c11-9-4-8(6-13-7-9)5-10(14)2-1-3-12/h4,6-7H,1-3,5,12H2. The highest BCUT2D eigenvalue weighted by Gasteiger charge is 2.03. The molecule has 0 saturated heterocycles. The van der Waals surface area contributed by atoms with Crippen LogP contribution in [0.25, 0.3) is 0 Å². The fraction of sp³-hybridized carbons (Fsp3) is 0.400. The third-order valence-electron chi connectivity index (χ3n) is 1.82. The van der Waals surface area contributed by atoms with Crippen molar-refractivity contribution in [2.75, 3.05) is 6.54 Å². The molecule has 0 aliphatic rings. The molecule has 0 saturated carbocycles. The molecule has 1 heterocycles. The van der Waals surface area contributed by atoms with Crippen LogP contribution < -0.4 is 5.73 Å². The van der Waals surface area contributed by atoms with Crippen LogP contribution in [0, 0.1) is 0 Å². The van der Waals surface area contributed by atoms with Crippen molar-refractivity contribution in [2.45, 2.75) is 19.3 Å². The molecule has 0 atom stereocenters. The molecule has 2 N–H and O–H groups in total. The lowest BCUT2D eigenvalue weighted by Gasteiger charge is -2.00. The Morgan fingerprint density at radius 3 is 2.93 bits per heavy atom. The van der Waals surface area contributed by atoms with Crippen LogP contribution >= 0.6 is 15.9 Å². The minimum absolute atomic E-state index is 0.218. The number of carbonyl (C=O) groups is 1. The first-order chi connectivity index (χ1) is 6.72. The number of Topliss-reactive ketones (excluding diaryl/α,β-unsaturated/α-hetero) is 1. The molecule has 3 nitrogen and oxygen atoms in total. The van der Waals surface area contributed by atoms with Crippen LogP contribution in [-0.4, -0.2) is 17.3 Å². The molecule has 0 spiro atoms. The zero-order chi connectivity index (χ0) is 10.4. The van der Waals surface area contributed by atoms with Gasteiger partial charge in [-0.2, -0.15) is 0 Å². The predicted molar refractivity (Wildman–Crippen MR) is 58.9 cm³/mol. The molecular formula is C10H13BrN2O. The second-order valence-electron chi connectivity index (χ2n) is 3.12. The Bertz CT molecular complexity index is 315. The summed E-state index contributed by atoms with van der Waals surface area (Å²) >= 11 is 3.31. The average Bonchev–Trinajstić information content (AvgIpc) is 2.15. The maximum Gasteiger partial charge on any atom is 0.137 e. The van der Waals surface area contributed by atoms with Crippen molar-refractivity contribution in [3.8, 4) is 0 Å². The number of nitrogens with two attached hydrogens (primary N) is 1. The van der Waals surface area contributed by atoms with Gasteiger partial charge in [0.1, 0.15) is 5.78 Å². The Labute approximate surface area is 91.8 Å². The van der Waals surface area contributed by atoms with Crippen molar-refractivity contribution in [2.24, 2.45) is 5.73 Å². The summed E-state index contributed by atoms with van der Waals surface area (Å²) in [6, 6.07) is 1.91. The van der Waals surface area contributed by atoms with Crippen LogP contribution in [-0.2, 0) is 11.2 Å². The van der Waals surface area contributed by atoms with E-state index in [1.165, 1.54) is 0 Å². The topological polar surface area (TPSA) is 56.0 Å². The maximum atomic E-state index is 11.4. The minimum Gasteiger partial charge on any atom is -0.330 e. The number of halogens is 1. The van der Waals surface area contributed by atoms with Gasteiger partial charge in [0, 0.05) is 29.7 Å². The lowest BCUT2D eigenvalue weighted by atomic mass is 10.1. The van der Waals surface area contributed by atoms with Gasteiger partial charge in [0.25, 0.3) is 0 Å². The second kappa shape index (κ2) is 5.88. The van der Waals surface area contributed by atoms with Crippen LogP contribution in [0.1, 0.15) is 18.4 Å². The molecule has 1 aromatic heterocycles. The summed E-state index contributed by atoms with van der Waals surface area (Å²) in [6.07, 6.45) is 5.19. The summed E-state index contributed by atoms with van der Waals surface area (Å²) in [6.45, 7) is 0.572. The Balaban J connectivity index is 2.47. The number of rotatable bonds is 5. The summed E-state index contributed by atoms with van der Waals surface area (Å²) in [5.41, 5.74) is 6.27. The van der Waals surface area contributed by atoms with Gasteiger partial charge in [-0.05, 0) is 40.5 Å². The second-order valence-corrected chi connectivity index (χ2v) is 4.03. The van der Waals surface area contributed by atoms with E-state index in [1.807, 2.05) is 6.07 Å². The average molecular weight is 257 g/mol. The van der Waals surface area contributed by atoms with E-state index in [2.05, 4.69) is 20.9 Å². The van der Waals surface area contributed by atoms with Gasteiger partial charge in [-0.25, -0.2) is 0 Å². The van der Waals surface area contributed by atoms with Gasteiger partial charge in [-0.3, -0.25) is 9.78 Å². The van der Waals surface area contributed by atoms with Gasteiger partial charge in [0.05, 0.1) is 0 Å². The number of hydrogen-bond donors (Lipinski definition) is 1. The van der Waals surface area contributed by atoms with E-state index in [1.54, 1.807) is 12.4 Å². The molecule has 76 valence electrons. The molecule has 4 heteroatoms. The first-order valence-corrected chi connectivity index (χ1v) is 5.33. The molecule has 0 amide bonds. The van der Waals surface area contributed by atoms with Gasteiger partial charge in [0.2, 0.25) is 0 Å². The molecule has 1 rings (SSSR count). The van der Waals surface area contributed by atoms with Crippen LogP contribution in [0.3, 0.4) is 0 Å². The third-order valence-corrected chi connectivity index (χ3v) is 2.26. The Hall–Kier alpha value is -0.740. The van der Waals surface area contributed by atoms with Crippen molar-refractivity contribution >= 4 is 21.7 Å². The summed E-state index contributed by atoms with van der Waals surface area (Å²) in [5, 5.41) is 0. The molecule has 0 aliphatic heterocycles. The molecule has 0 aromatic carbocycles. The zero-order valence-electron chi connectivity index (χ0n) is 7.87. The number of ketones is 1. The van der Waals surface area contributed by atoms with E-state index in [0.29, 0.717) is 19.4 Å². The molecule has 0 radical (unpaired) electrons. The summed E-state index contributed by atoms with van der Waals surface area (Å²) in [5.74, 6) is 0.218. The fourth-order valence-corrected chi connectivity index (χ4v) is 1.58. The van der Waals surface area contributed by atoms with E-state index in [9.17, 15) is 4.79 Å². The lowest BCUT2D eigenvalue weighted by molar-refractivity contribution is -0.118. The van der Waals surface area contributed by atoms with E-state index in [0.717, 1.165) is 16.5 Å². The molecule has 0 aliphatic carbocycles. The van der Waals surface area contributed by atoms with Crippen LogP contribution in [0.4, 0.5) is 0 Å². The SMILES string of the molecule is NCCCC(=O)Cc1cncc(Br)c1. The zero-order valence-corrected chi connectivity index (χ0v) is 9.46. The third kappa shape index (κ3) is 3.98. The fourth-order valence-electron chi connectivity index (χ4n) is 1.17. The Kier molecular flexibility index (Phi) is 4.76. The number of pyridine rings is 1. The molecule has 14 heavy (non-hydrogen) atoms. The van der Waals surface area contributed by atoms with Crippen LogP contribution in [0.5, 0.6) is 0 Å². The van der Waals surface area contributed by atoms with Gasteiger partial charge >= 0.3 is 0 Å². The van der Waals surface area contributed by atoms with Crippen LogP contribution in [0.15, 0.2) is 22.9 Å². The quantitative estimate of drug-likeness (QED) is 0.873. The van der Waals surface area contributed by atoms with Gasteiger partial charge in [-0.15, -0.1) is 0 Å². The Morgan fingerprint density at radius 2 is 2.29 bits per heavy atom. The first kappa shape index (κ1) is 11.3. The number of nitrogens with zero attached hydrogens (tertiary/aromatic N) is 1. The number of hydrogen-bond acceptors (Lipinski definition) is 3. The molecule has 0 unspecified atom stereocenters. The van der Waals surface area contributed by atoms with Crippen molar-refractivity contribution in [3.63, 3.8) is 0 Å². The number of carbonyl (C=O) groups excluding carboxylic acids is 1. The smallest absolute Gasteiger partial charge is 0.137 e. The highest BCUT2D eigenvalue weighted by atomic mass is 79.9. The van der Waals surface area contributed by atoms with E-state index in [4.69, 9.17) is 5.73 Å². The summed E-state index contributed by atoms with van der Waals surface area (Å²) in [4.78, 5) is 15.4. The molecule has 0 fully saturated rings. The largest absolute Gasteiger partial charge is 0.330 e. The summed E-state index contributed by atoms with van der Waals surface area (Å²) < 4.78 is 0.904. The van der Waals surface area contributed by atoms with Crippen molar-refractivity contribution in [3.05, 3.63) is 28.5 Å². The van der Waals surface area contributed by atoms with Gasteiger partial charge in [0.15, 0.2) is 0 Å². The summed E-state index contributed by atoms with van der Waals surface area (Å²) in [7, 11) is 0. The molecule has 1 aromatic rings. The lowest BCUT2D eigenvalue weighted by Crippen LogP contribution is -2.07. The van der Waals surface area contributed by atoms with E-state index >= 15 is 0 Å². The monoisotopic (exact) mass is 256 g/mol. The number of aromatic nitrogens is 1. The first-order valence-electron chi connectivity index (χ1n) is 4.53. The van der Waals surface area contributed by atoms with E-state index in [-0.39, 0.29) is 5.78 Å². The predicted octanol–water partition coefficient (Wildman–Crippen LogP) is 1.69. The molecular weight excluding hydrogens is 244 g/mol. The normalized spacial score (nSPS) is 10.1. The maximum absolute atomic E-state index is 11.4. The van der Waals surface area contributed by atoms with E-state index < -0.39 is 0 Å². The molecule has 0 bridgehead atoms. The van der Waals surface area contributed by atoms with Crippen molar-refractivity contribution < 1.29 is 4.79 Å². The Morgan fingerprint density at radius 1 is 1.50 bits per heavy atom. The minimum atomic E-state index is 0.218.